The van der Waals surface area contributed by atoms with Gasteiger partial charge in [-0.15, -0.1) is 0 Å². The second-order valence-corrected chi connectivity index (χ2v) is 8.85. The summed E-state index contributed by atoms with van der Waals surface area (Å²) in [4.78, 5) is 38.7. The molecule has 8 heteroatoms. The molecule has 4 rings (SSSR count). The average molecular weight is 499 g/mol. The number of benzene rings is 3. The van der Waals surface area contributed by atoms with Gasteiger partial charge >= 0.3 is 0 Å². The highest BCUT2D eigenvalue weighted by atomic mass is 32.1. The van der Waals surface area contributed by atoms with Crippen molar-refractivity contribution in [1.82, 2.24) is 5.32 Å². The maximum Gasteiger partial charge on any atom is 0.255 e. The molecule has 4 aromatic rings. The maximum atomic E-state index is 13.0. The Labute approximate surface area is 213 Å². The van der Waals surface area contributed by atoms with Gasteiger partial charge in [-0.2, -0.15) is 11.3 Å². The maximum absolute atomic E-state index is 13.0. The van der Waals surface area contributed by atoms with Gasteiger partial charge in [0.1, 0.15) is 5.92 Å². The molecule has 0 saturated carbocycles. The fourth-order valence-electron chi connectivity index (χ4n) is 3.73. The molecule has 3 aromatic carbocycles. The molecule has 3 amide bonds. The van der Waals surface area contributed by atoms with Gasteiger partial charge in [0.15, 0.2) is 0 Å². The number of carbonyl (C=O) groups excluding carboxylic acids is 3. The summed E-state index contributed by atoms with van der Waals surface area (Å²) < 4.78 is 0. The zero-order valence-corrected chi connectivity index (χ0v) is 20.5. The Morgan fingerprint density at radius 2 is 1.61 bits per heavy atom. The van der Waals surface area contributed by atoms with Crippen molar-refractivity contribution in [3.8, 4) is 11.1 Å². The van der Waals surface area contributed by atoms with Crippen molar-refractivity contribution < 1.29 is 14.4 Å². The van der Waals surface area contributed by atoms with Crippen molar-refractivity contribution in [3.63, 3.8) is 0 Å². The van der Waals surface area contributed by atoms with E-state index < -0.39 is 17.7 Å². The quantitative estimate of drug-likeness (QED) is 0.200. The van der Waals surface area contributed by atoms with E-state index in [0.717, 1.165) is 11.1 Å². The predicted molar refractivity (Wildman–Crippen MR) is 145 cm³/mol. The number of anilines is 3. The van der Waals surface area contributed by atoms with Crippen LogP contribution in [-0.2, 0) is 9.59 Å². The smallest absolute Gasteiger partial charge is 0.255 e. The zero-order chi connectivity index (χ0) is 25.5. The van der Waals surface area contributed by atoms with Gasteiger partial charge in [0.05, 0.1) is 11.4 Å². The largest absolute Gasteiger partial charge is 0.397 e. The van der Waals surface area contributed by atoms with Crippen LogP contribution in [0, 0.1) is 0 Å². The standard InChI is InChI=1S/C28H26N4O3S/c1-2-30-27(34)25(28(35)31-22-6-4-3-5-7-22)18-8-10-19(11-9-18)26(33)32-24-16-20(12-13-23(24)29)21-14-15-36-17-21/h3-17,25H,2,29H2,1H3,(H,30,34)(H,31,35)(H,32,33). The minimum Gasteiger partial charge on any atom is -0.397 e. The number of nitrogens with one attached hydrogen (secondary N) is 3. The number of carbonyl (C=O) groups is 3. The summed E-state index contributed by atoms with van der Waals surface area (Å²) in [6.45, 7) is 2.18. The van der Waals surface area contributed by atoms with Crippen LogP contribution >= 0.6 is 11.3 Å². The minimum atomic E-state index is -1.07. The number of thiophene rings is 1. The molecule has 5 N–H and O–H groups in total. The number of nitrogen functional groups attached to an aromatic ring is 1. The van der Waals surface area contributed by atoms with Gasteiger partial charge in [-0.3, -0.25) is 14.4 Å². The summed E-state index contributed by atoms with van der Waals surface area (Å²) in [6, 6.07) is 22.8. The number of hydrogen-bond donors (Lipinski definition) is 4. The summed E-state index contributed by atoms with van der Waals surface area (Å²) >= 11 is 1.59. The molecule has 1 heterocycles. The fourth-order valence-corrected chi connectivity index (χ4v) is 4.39. The third-order valence-electron chi connectivity index (χ3n) is 5.58. The van der Waals surface area contributed by atoms with Crippen molar-refractivity contribution >= 4 is 46.1 Å². The van der Waals surface area contributed by atoms with E-state index in [1.54, 1.807) is 72.9 Å². The molecule has 0 fully saturated rings. The van der Waals surface area contributed by atoms with Crippen molar-refractivity contribution in [1.29, 1.82) is 0 Å². The molecule has 182 valence electrons. The Balaban J connectivity index is 1.53. The highest BCUT2D eigenvalue weighted by Gasteiger charge is 2.28. The Morgan fingerprint density at radius 3 is 2.28 bits per heavy atom. The Morgan fingerprint density at radius 1 is 0.861 bits per heavy atom. The third kappa shape index (κ3) is 5.79. The number of para-hydroxylation sites is 1. The molecular formula is C28H26N4O3S. The topological polar surface area (TPSA) is 113 Å². The minimum absolute atomic E-state index is 0.348. The van der Waals surface area contributed by atoms with Gasteiger partial charge in [-0.25, -0.2) is 0 Å². The first-order chi connectivity index (χ1) is 17.5. The van der Waals surface area contributed by atoms with Gasteiger partial charge in [0.25, 0.3) is 5.91 Å². The lowest BCUT2D eigenvalue weighted by Gasteiger charge is -2.17. The molecular weight excluding hydrogens is 472 g/mol. The summed E-state index contributed by atoms with van der Waals surface area (Å²) in [5.41, 5.74) is 10.5. The molecule has 0 radical (unpaired) electrons. The molecule has 1 unspecified atom stereocenters. The SMILES string of the molecule is CCNC(=O)C(C(=O)Nc1ccccc1)c1ccc(C(=O)Nc2cc(-c3ccsc3)ccc2N)cc1. The van der Waals surface area contributed by atoms with E-state index in [4.69, 9.17) is 5.73 Å². The van der Waals surface area contributed by atoms with E-state index in [1.807, 2.05) is 35.0 Å². The van der Waals surface area contributed by atoms with Gasteiger partial charge in [-0.05, 0) is 76.8 Å². The summed E-state index contributed by atoms with van der Waals surface area (Å²) in [7, 11) is 0. The highest BCUT2D eigenvalue weighted by Crippen LogP contribution is 2.29. The summed E-state index contributed by atoms with van der Waals surface area (Å²) in [6.07, 6.45) is 0. The average Bonchev–Trinajstić information content (AvgIpc) is 3.42. The lowest BCUT2D eigenvalue weighted by molar-refractivity contribution is -0.129. The second-order valence-electron chi connectivity index (χ2n) is 8.07. The van der Waals surface area contributed by atoms with Crippen molar-refractivity contribution in [3.05, 3.63) is 101 Å². The first-order valence-electron chi connectivity index (χ1n) is 11.4. The van der Waals surface area contributed by atoms with Crippen LogP contribution in [0.25, 0.3) is 11.1 Å². The third-order valence-corrected chi connectivity index (χ3v) is 6.26. The normalized spacial score (nSPS) is 11.4. The summed E-state index contributed by atoms with van der Waals surface area (Å²) in [5.74, 6) is -2.29. The molecule has 0 aliphatic carbocycles. The second kappa shape index (κ2) is 11.3. The first-order valence-corrected chi connectivity index (χ1v) is 12.4. The van der Waals surface area contributed by atoms with Crippen LogP contribution in [0.5, 0.6) is 0 Å². The van der Waals surface area contributed by atoms with Gasteiger partial charge < -0.3 is 21.7 Å². The van der Waals surface area contributed by atoms with Crippen molar-refractivity contribution in [2.45, 2.75) is 12.8 Å². The molecule has 7 nitrogen and oxygen atoms in total. The Hall–Kier alpha value is -4.43. The van der Waals surface area contributed by atoms with Crippen LogP contribution in [0.3, 0.4) is 0 Å². The van der Waals surface area contributed by atoms with E-state index >= 15 is 0 Å². The Kier molecular flexibility index (Phi) is 7.77. The molecule has 36 heavy (non-hydrogen) atoms. The fraction of sp³-hybridized carbons (Fsp3) is 0.107. The van der Waals surface area contributed by atoms with Crippen LogP contribution in [0.15, 0.2) is 89.6 Å². The van der Waals surface area contributed by atoms with E-state index in [2.05, 4.69) is 16.0 Å². The number of amides is 3. The van der Waals surface area contributed by atoms with Gasteiger partial charge in [0, 0.05) is 17.8 Å². The van der Waals surface area contributed by atoms with E-state index in [0.29, 0.717) is 34.7 Å². The van der Waals surface area contributed by atoms with Gasteiger partial charge in [-0.1, -0.05) is 36.4 Å². The predicted octanol–water partition coefficient (Wildman–Crippen LogP) is 5.11. The van der Waals surface area contributed by atoms with Crippen LogP contribution < -0.4 is 21.7 Å². The molecule has 0 aliphatic rings. The first kappa shape index (κ1) is 24.7. The van der Waals surface area contributed by atoms with Crippen molar-refractivity contribution in [2.24, 2.45) is 0 Å². The van der Waals surface area contributed by atoms with E-state index in [-0.39, 0.29) is 5.91 Å². The Bertz CT molecular complexity index is 1350. The lowest BCUT2D eigenvalue weighted by Crippen LogP contribution is -2.36. The number of hydrogen-bond acceptors (Lipinski definition) is 5. The zero-order valence-electron chi connectivity index (χ0n) is 19.7. The molecule has 0 saturated heterocycles. The molecule has 0 spiro atoms. The summed E-state index contributed by atoms with van der Waals surface area (Å²) in [5, 5.41) is 12.4. The monoisotopic (exact) mass is 498 g/mol. The van der Waals surface area contributed by atoms with E-state index in [9.17, 15) is 14.4 Å². The highest BCUT2D eigenvalue weighted by molar-refractivity contribution is 7.08. The number of rotatable bonds is 8. The molecule has 0 aliphatic heterocycles. The number of nitrogens with two attached hydrogens (primary N) is 1. The van der Waals surface area contributed by atoms with Crippen molar-refractivity contribution in [2.75, 3.05) is 22.9 Å². The molecule has 1 atom stereocenters. The van der Waals surface area contributed by atoms with Crippen LogP contribution in [0.4, 0.5) is 17.1 Å². The van der Waals surface area contributed by atoms with Gasteiger partial charge in [0.2, 0.25) is 11.8 Å². The molecule has 1 aromatic heterocycles. The molecule has 0 bridgehead atoms. The number of likely N-dealkylation sites (N-methyl/N-ethyl adjacent to an activating group) is 1. The van der Waals surface area contributed by atoms with E-state index in [1.165, 1.54) is 0 Å². The lowest BCUT2D eigenvalue weighted by atomic mass is 9.95. The van der Waals surface area contributed by atoms with Crippen LogP contribution in [0.1, 0.15) is 28.8 Å². The van der Waals surface area contributed by atoms with Crippen LogP contribution in [-0.4, -0.2) is 24.3 Å². The van der Waals surface area contributed by atoms with Crippen LogP contribution in [0.2, 0.25) is 0 Å².